The molecule has 0 fully saturated rings. The molecule has 8 nitrogen and oxygen atoms in total. The fourth-order valence-electron chi connectivity index (χ4n) is 6.22. The second-order valence-corrected chi connectivity index (χ2v) is 11.2. The van der Waals surface area contributed by atoms with E-state index in [1.54, 1.807) is 0 Å². The maximum Gasteiger partial charge on any atom is 3.00 e. The van der Waals surface area contributed by atoms with Gasteiger partial charge in [0.1, 0.15) is 0 Å². The predicted octanol–water partition coefficient (Wildman–Crippen LogP) is -1.34. The first-order valence-corrected chi connectivity index (χ1v) is 14.6. The van der Waals surface area contributed by atoms with Gasteiger partial charge in [0.05, 0.1) is 22.8 Å². The van der Waals surface area contributed by atoms with Crippen LogP contribution in [0.5, 0.6) is 0 Å². The van der Waals surface area contributed by atoms with Gasteiger partial charge in [0.15, 0.2) is 0 Å². The zero-order valence-electron chi connectivity index (χ0n) is 26.7. The second kappa shape index (κ2) is 16.7. The van der Waals surface area contributed by atoms with Crippen LogP contribution < -0.4 is 37.2 Å². The molecule has 0 atom stereocenters. The standard InChI is InChI=1S/C34H38N4O4.3ClH.Cr/c1-7-21-17(3)25-13-26-19(5)23(9-11-33(39)40)31(37-26)16-32-24(10-12-34(41)42)20(6)28(38-32)15-30-22(8-2)18(4)27(36-30)14-29(21)35-25;;;;/h13-16,36,38H,7-12H2,1-6H3,(H,39,40)(H,41,42);3*1H;/q;;;;+3/p-3. The number of nitrogens with one attached hydrogen (secondary N) is 2. The Labute approximate surface area is 298 Å². The summed E-state index contributed by atoms with van der Waals surface area (Å²) < 4.78 is 0. The number of aromatic amines is 2. The van der Waals surface area contributed by atoms with Crippen LogP contribution in [-0.4, -0.2) is 42.1 Å². The minimum absolute atomic E-state index is 0. The second-order valence-electron chi connectivity index (χ2n) is 11.2. The molecule has 0 spiro atoms. The number of rotatable bonds is 8. The van der Waals surface area contributed by atoms with Crippen LogP contribution in [-0.2, 0) is 39.8 Å². The first-order chi connectivity index (χ1) is 20.0. The summed E-state index contributed by atoms with van der Waals surface area (Å²) >= 11 is 0. The van der Waals surface area contributed by atoms with E-state index in [0.29, 0.717) is 18.5 Å². The number of hydrogen-bond acceptors (Lipinski definition) is 4. The first kappa shape index (κ1) is 41.0. The number of carboxylic acid groups (broad SMARTS) is 2. The van der Waals surface area contributed by atoms with Crippen LogP contribution in [0.4, 0.5) is 0 Å². The van der Waals surface area contributed by atoms with E-state index in [0.717, 1.165) is 79.8 Å². The number of fused-ring (bicyclic) bond motifs is 8. The number of aromatic nitrogens is 4. The molecule has 3 aromatic rings. The molecule has 5 rings (SSSR count). The molecular formula is C34H38Cl3CrN4O4. The number of carbonyl (C=O) groups is 2. The van der Waals surface area contributed by atoms with Crippen LogP contribution in [0.2, 0.25) is 0 Å². The van der Waals surface area contributed by atoms with E-state index in [1.807, 2.05) is 26.0 Å². The maximum absolute atomic E-state index is 11.5. The SMILES string of the molecule is CCC1=C(C)c2cc3nc(cc4[nH]c(cc5[nH]c(cc1n2)c(C)c5CC)c(C)c4CCC(=O)O)C(CCC(=O)O)=C3C.[Cl-].[Cl-].[Cl-].[Cr+3]. The molecule has 0 aliphatic carbocycles. The Balaban J connectivity index is 0.00000264. The van der Waals surface area contributed by atoms with E-state index in [1.165, 1.54) is 16.7 Å². The molecule has 2 aliphatic rings. The molecule has 46 heavy (non-hydrogen) atoms. The topological polar surface area (TPSA) is 132 Å². The summed E-state index contributed by atoms with van der Waals surface area (Å²) in [5.74, 6) is -1.72. The van der Waals surface area contributed by atoms with Crippen molar-refractivity contribution in [3.05, 3.63) is 69.3 Å². The number of H-pyrrole nitrogens is 2. The zero-order chi connectivity index (χ0) is 30.3. The molecule has 3 aromatic heterocycles. The summed E-state index contributed by atoms with van der Waals surface area (Å²) in [6.45, 7) is 12.5. The van der Waals surface area contributed by atoms with Crippen molar-refractivity contribution in [3.8, 4) is 0 Å². The molecule has 0 unspecified atom stereocenters. The van der Waals surface area contributed by atoms with Crippen molar-refractivity contribution in [1.82, 2.24) is 19.9 Å². The largest absolute Gasteiger partial charge is 3.00 e. The van der Waals surface area contributed by atoms with E-state index in [-0.39, 0.29) is 67.4 Å². The average molecular weight is 725 g/mol. The number of halogens is 3. The first-order valence-electron chi connectivity index (χ1n) is 14.6. The Bertz CT molecular complexity index is 1880. The van der Waals surface area contributed by atoms with E-state index in [4.69, 9.17) is 9.97 Å². The van der Waals surface area contributed by atoms with Crippen molar-refractivity contribution in [2.75, 3.05) is 0 Å². The Morgan fingerprint density at radius 3 is 1.61 bits per heavy atom. The van der Waals surface area contributed by atoms with Crippen molar-refractivity contribution in [3.63, 3.8) is 0 Å². The quantitative estimate of drug-likeness (QED) is 0.228. The summed E-state index contributed by atoms with van der Waals surface area (Å²) in [7, 11) is 0. The van der Waals surface area contributed by atoms with Gasteiger partial charge in [-0.1, -0.05) is 13.8 Å². The summed E-state index contributed by atoms with van der Waals surface area (Å²) in [4.78, 5) is 40.3. The summed E-state index contributed by atoms with van der Waals surface area (Å²) in [6.07, 6.45) is 2.39. The van der Waals surface area contributed by atoms with Crippen molar-refractivity contribution < 1.29 is 74.4 Å². The zero-order valence-corrected chi connectivity index (χ0v) is 30.2. The number of allylic oxidation sites excluding steroid dienone is 4. The number of hydrogen-bond donors (Lipinski definition) is 4. The van der Waals surface area contributed by atoms with Crippen molar-refractivity contribution in [2.24, 2.45) is 0 Å². The third kappa shape index (κ3) is 7.90. The van der Waals surface area contributed by atoms with E-state index >= 15 is 0 Å². The molecule has 5 heterocycles. The van der Waals surface area contributed by atoms with E-state index in [2.05, 4.69) is 49.8 Å². The summed E-state index contributed by atoms with van der Waals surface area (Å²) in [5, 5.41) is 18.9. The molecule has 4 N–H and O–H groups in total. The Hall–Kier alpha value is -3.06. The maximum atomic E-state index is 11.5. The van der Waals surface area contributed by atoms with E-state index in [9.17, 15) is 19.8 Å². The van der Waals surface area contributed by atoms with Gasteiger partial charge in [0.2, 0.25) is 0 Å². The summed E-state index contributed by atoms with van der Waals surface area (Å²) in [5.41, 5.74) is 15.4. The Morgan fingerprint density at radius 2 is 1.07 bits per heavy atom. The number of carboxylic acids is 2. The summed E-state index contributed by atoms with van der Waals surface area (Å²) in [6, 6.07) is 8.19. The monoisotopic (exact) mass is 723 g/mol. The van der Waals surface area contributed by atoms with Crippen LogP contribution in [0.25, 0.3) is 44.4 Å². The molecule has 0 amide bonds. The van der Waals surface area contributed by atoms with Gasteiger partial charge < -0.3 is 57.4 Å². The third-order valence-electron chi connectivity index (χ3n) is 8.69. The fourth-order valence-corrected chi connectivity index (χ4v) is 6.22. The van der Waals surface area contributed by atoms with Gasteiger partial charge in [-0.15, -0.1) is 0 Å². The Morgan fingerprint density at radius 1 is 0.609 bits per heavy atom. The van der Waals surface area contributed by atoms with Gasteiger partial charge in [-0.3, -0.25) is 9.59 Å². The molecular weight excluding hydrogens is 687 g/mol. The smallest absolute Gasteiger partial charge is 1.00 e. The van der Waals surface area contributed by atoms with Gasteiger partial charge in [0, 0.05) is 34.9 Å². The van der Waals surface area contributed by atoms with Crippen LogP contribution in [0.1, 0.15) is 98.4 Å². The van der Waals surface area contributed by atoms with Gasteiger partial charge in [-0.2, -0.15) is 0 Å². The van der Waals surface area contributed by atoms with Crippen molar-refractivity contribution in [1.29, 1.82) is 0 Å². The molecule has 0 saturated heterocycles. The molecule has 245 valence electrons. The van der Waals surface area contributed by atoms with Crippen molar-refractivity contribution in [2.45, 2.75) is 80.1 Å². The third-order valence-corrected chi connectivity index (χ3v) is 8.69. The molecule has 0 aromatic carbocycles. The van der Waals surface area contributed by atoms with Gasteiger partial charge >= 0.3 is 29.3 Å². The number of nitrogens with zero attached hydrogens (tertiary/aromatic N) is 2. The van der Waals surface area contributed by atoms with Gasteiger partial charge in [-0.05, 0) is 122 Å². The fraction of sp³-hybridized carbons (Fsp3) is 0.353. The number of aryl methyl sites for hydroxylation is 4. The molecule has 8 bridgehead atoms. The van der Waals surface area contributed by atoms with Crippen LogP contribution in [0.3, 0.4) is 0 Å². The Kier molecular flexibility index (Phi) is 14.8. The average Bonchev–Trinajstić information content (AvgIpc) is 3.59. The minimum Gasteiger partial charge on any atom is -1.00 e. The molecule has 1 radical (unpaired) electrons. The van der Waals surface area contributed by atoms with Gasteiger partial charge in [0.25, 0.3) is 0 Å². The minimum atomic E-state index is -0.867. The van der Waals surface area contributed by atoms with E-state index < -0.39 is 11.9 Å². The molecule has 0 saturated carbocycles. The van der Waals surface area contributed by atoms with Gasteiger partial charge in [-0.25, -0.2) is 9.97 Å². The molecule has 2 aliphatic heterocycles. The molecule has 12 heteroatoms. The predicted molar refractivity (Wildman–Crippen MR) is 168 cm³/mol. The van der Waals surface area contributed by atoms with Crippen molar-refractivity contribution >= 4 is 56.3 Å². The van der Waals surface area contributed by atoms with Crippen LogP contribution >= 0.6 is 0 Å². The van der Waals surface area contributed by atoms with Crippen LogP contribution in [0.15, 0.2) is 24.3 Å². The van der Waals surface area contributed by atoms with Crippen LogP contribution in [0, 0.1) is 13.8 Å². The number of aliphatic carboxylic acids is 2. The normalized spacial score (nSPS) is 12.1.